The summed E-state index contributed by atoms with van der Waals surface area (Å²) in [4.78, 5) is 16.4. The van der Waals surface area contributed by atoms with Crippen LogP contribution in [0.2, 0.25) is 0 Å². The number of hydrogen-bond donors (Lipinski definition) is 0. The molecule has 1 saturated heterocycles. The molecule has 0 spiro atoms. The number of aryl methyl sites for hydroxylation is 1. The van der Waals surface area contributed by atoms with Gasteiger partial charge < -0.3 is 9.80 Å². The summed E-state index contributed by atoms with van der Waals surface area (Å²) in [6.45, 7) is 3.68. The first kappa shape index (κ1) is 14.5. The summed E-state index contributed by atoms with van der Waals surface area (Å²) in [6, 6.07) is 9.88. The fourth-order valence-corrected chi connectivity index (χ4v) is 2.59. The van der Waals surface area contributed by atoms with Gasteiger partial charge >= 0.3 is 0 Å². The van der Waals surface area contributed by atoms with Crippen LogP contribution in [0.15, 0.2) is 24.3 Å². The van der Waals surface area contributed by atoms with Crippen LogP contribution in [0.4, 0.5) is 0 Å². The predicted molar refractivity (Wildman–Crippen MR) is 78.3 cm³/mol. The van der Waals surface area contributed by atoms with Gasteiger partial charge in [-0.05, 0) is 38.9 Å². The zero-order valence-corrected chi connectivity index (χ0v) is 12.4. The Morgan fingerprint density at radius 3 is 2.35 bits per heavy atom. The summed E-state index contributed by atoms with van der Waals surface area (Å²) < 4.78 is 0. The zero-order valence-electron chi connectivity index (χ0n) is 12.4. The van der Waals surface area contributed by atoms with Crippen LogP contribution < -0.4 is 0 Å². The molecule has 1 heterocycles. The van der Waals surface area contributed by atoms with Crippen LogP contribution in [-0.2, 0) is 0 Å². The molecule has 0 saturated carbocycles. The van der Waals surface area contributed by atoms with Crippen molar-refractivity contribution in [2.45, 2.75) is 25.3 Å². The van der Waals surface area contributed by atoms with Crippen LogP contribution in [0.5, 0.6) is 0 Å². The summed E-state index contributed by atoms with van der Waals surface area (Å²) in [5.74, 6) is -0.0731. The zero-order chi connectivity index (χ0) is 14.8. The van der Waals surface area contributed by atoms with E-state index in [2.05, 4.69) is 11.0 Å². The molecule has 0 bridgehead atoms. The first-order valence-corrected chi connectivity index (χ1v) is 6.93. The number of rotatable bonds is 2. The van der Waals surface area contributed by atoms with Gasteiger partial charge in [-0.2, -0.15) is 5.26 Å². The third kappa shape index (κ3) is 2.68. The van der Waals surface area contributed by atoms with Crippen LogP contribution in [-0.4, -0.2) is 48.4 Å². The lowest BCUT2D eigenvalue weighted by molar-refractivity contribution is 0.0521. The number of nitrogens with zero attached hydrogens (tertiary/aromatic N) is 3. The molecular weight excluding hydrogens is 250 g/mol. The molecule has 2 rings (SSSR count). The molecule has 1 aromatic carbocycles. The second kappa shape index (κ2) is 5.64. The standard InChI is InChI=1S/C16H21N3O/c1-13-4-6-14(7-5-13)15(20)19(3)16(12-17)8-10-18(2)11-9-16/h4-7H,8-11H2,1-3H3. The minimum absolute atomic E-state index is 0.0731. The van der Waals surface area contributed by atoms with Crippen molar-refractivity contribution in [3.8, 4) is 6.07 Å². The molecule has 1 aromatic rings. The monoisotopic (exact) mass is 271 g/mol. The number of hydrogen-bond acceptors (Lipinski definition) is 3. The molecule has 4 heteroatoms. The van der Waals surface area contributed by atoms with Crippen molar-refractivity contribution >= 4 is 5.91 Å². The first-order chi connectivity index (χ1) is 9.48. The van der Waals surface area contributed by atoms with Crippen LogP contribution >= 0.6 is 0 Å². The molecule has 0 unspecified atom stereocenters. The lowest BCUT2D eigenvalue weighted by Gasteiger charge is -2.41. The van der Waals surface area contributed by atoms with Gasteiger partial charge in [-0.25, -0.2) is 0 Å². The fourth-order valence-electron chi connectivity index (χ4n) is 2.59. The van der Waals surface area contributed by atoms with E-state index in [4.69, 9.17) is 0 Å². The molecule has 0 atom stereocenters. The quantitative estimate of drug-likeness (QED) is 0.827. The number of amides is 1. The van der Waals surface area contributed by atoms with Crippen LogP contribution in [0.25, 0.3) is 0 Å². The van der Waals surface area contributed by atoms with E-state index in [0.29, 0.717) is 18.4 Å². The highest BCUT2D eigenvalue weighted by Crippen LogP contribution is 2.28. The van der Waals surface area contributed by atoms with Crippen molar-refractivity contribution in [1.82, 2.24) is 9.80 Å². The van der Waals surface area contributed by atoms with Gasteiger partial charge in [-0.15, -0.1) is 0 Å². The van der Waals surface area contributed by atoms with E-state index in [0.717, 1.165) is 18.7 Å². The van der Waals surface area contributed by atoms with Crippen LogP contribution in [0.1, 0.15) is 28.8 Å². The van der Waals surface area contributed by atoms with E-state index in [9.17, 15) is 10.1 Å². The smallest absolute Gasteiger partial charge is 0.254 e. The molecular formula is C16H21N3O. The van der Waals surface area contributed by atoms with Gasteiger partial charge in [-0.3, -0.25) is 4.79 Å². The minimum Gasteiger partial charge on any atom is -0.323 e. The van der Waals surface area contributed by atoms with Gasteiger partial charge in [0, 0.05) is 25.7 Å². The Labute approximate surface area is 120 Å². The molecule has 1 fully saturated rings. The molecule has 0 aliphatic carbocycles. The summed E-state index contributed by atoms with van der Waals surface area (Å²) in [5.41, 5.74) is 1.10. The van der Waals surface area contributed by atoms with Gasteiger partial charge in [0.1, 0.15) is 5.54 Å². The second-order valence-electron chi connectivity index (χ2n) is 5.68. The Morgan fingerprint density at radius 1 is 1.30 bits per heavy atom. The van der Waals surface area contributed by atoms with Gasteiger partial charge in [0.2, 0.25) is 0 Å². The Bertz CT molecular complexity index is 522. The molecule has 0 N–H and O–H groups in total. The molecule has 1 aliphatic rings. The maximum Gasteiger partial charge on any atom is 0.254 e. The average molecular weight is 271 g/mol. The van der Waals surface area contributed by atoms with Crippen molar-refractivity contribution in [3.05, 3.63) is 35.4 Å². The minimum atomic E-state index is -0.672. The van der Waals surface area contributed by atoms with Gasteiger partial charge in [0.25, 0.3) is 5.91 Å². The largest absolute Gasteiger partial charge is 0.323 e. The first-order valence-electron chi connectivity index (χ1n) is 6.93. The van der Waals surface area contributed by atoms with Crippen LogP contribution in [0.3, 0.4) is 0 Å². The van der Waals surface area contributed by atoms with E-state index in [1.54, 1.807) is 11.9 Å². The summed E-state index contributed by atoms with van der Waals surface area (Å²) in [6.07, 6.45) is 1.40. The second-order valence-corrected chi connectivity index (χ2v) is 5.68. The van der Waals surface area contributed by atoms with Gasteiger partial charge in [0.15, 0.2) is 0 Å². The van der Waals surface area contributed by atoms with E-state index in [-0.39, 0.29) is 5.91 Å². The molecule has 20 heavy (non-hydrogen) atoms. The highest BCUT2D eigenvalue weighted by atomic mass is 16.2. The fraction of sp³-hybridized carbons (Fsp3) is 0.500. The summed E-state index contributed by atoms with van der Waals surface area (Å²) in [5, 5.41) is 9.58. The number of nitriles is 1. The summed E-state index contributed by atoms with van der Waals surface area (Å²) >= 11 is 0. The number of piperidine rings is 1. The molecule has 1 aliphatic heterocycles. The Hall–Kier alpha value is -1.86. The van der Waals surface area contributed by atoms with Crippen LogP contribution in [0, 0.1) is 18.3 Å². The van der Waals surface area contributed by atoms with E-state index >= 15 is 0 Å². The third-order valence-electron chi connectivity index (χ3n) is 4.27. The van der Waals surface area contributed by atoms with E-state index < -0.39 is 5.54 Å². The van der Waals surface area contributed by atoms with E-state index in [1.165, 1.54) is 0 Å². The molecule has 106 valence electrons. The van der Waals surface area contributed by atoms with Crippen molar-refractivity contribution in [3.63, 3.8) is 0 Å². The highest BCUT2D eigenvalue weighted by Gasteiger charge is 2.40. The van der Waals surface area contributed by atoms with Crippen molar-refractivity contribution in [2.24, 2.45) is 0 Å². The molecule has 1 amide bonds. The third-order valence-corrected chi connectivity index (χ3v) is 4.27. The molecule has 0 aromatic heterocycles. The maximum atomic E-state index is 12.6. The van der Waals surface area contributed by atoms with Crippen molar-refractivity contribution in [2.75, 3.05) is 27.2 Å². The van der Waals surface area contributed by atoms with Gasteiger partial charge in [-0.1, -0.05) is 17.7 Å². The van der Waals surface area contributed by atoms with E-state index in [1.807, 2.05) is 38.2 Å². The average Bonchev–Trinajstić information content (AvgIpc) is 2.48. The normalized spacial score (nSPS) is 18.3. The molecule has 0 radical (unpaired) electrons. The Morgan fingerprint density at radius 2 is 1.85 bits per heavy atom. The topological polar surface area (TPSA) is 47.3 Å². The molecule has 4 nitrogen and oxygen atoms in total. The Balaban J connectivity index is 2.20. The lowest BCUT2D eigenvalue weighted by atomic mass is 9.87. The highest BCUT2D eigenvalue weighted by molar-refractivity contribution is 5.94. The van der Waals surface area contributed by atoms with Crippen molar-refractivity contribution < 1.29 is 4.79 Å². The summed E-state index contributed by atoms with van der Waals surface area (Å²) in [7, 11) is 3.79. The Kier molecular flexibility index (Phi) is 4.10. The maximum absolute atomic E-state index is 12.6. The number of benzene rings is 1. The van der Waals surface area contributed by atoms with Crippen molar-refractivity contribution in [1.29, 1.82) is 5.26 Å². The number of carbonyl (C=O) groups is 1. The van der Waals surface area contributed by atoms with Gasteiger partial charge in [0.05, 0.1) is 6.07 Å². The lowest BCUT2D eigenvalue weighted by Crippen LogP contribution is -2.54. The number of carbonyl (C=O) groups excluding carboxylic acids is 1. The predicted octanol–water partition coefficient (Wildman–Crippen LogP) is 2.06. The SMILES string of the molecule is Cc1ccc(C(=O)N(C)C2(C#N)CCN(C)CC2)cc1. The number of likely N-dealkylation sites (tertiary alicyclic amines) is 1.